The van der Waals surface area contributed by atoms with Crippen LogP contribution in [0, 0.1) is 0 Å². The van der Waals surface area contributed by atoms with Gasteiger partial charge >= 0.3 is 0 Å². The molecule has 0 saturated heterocycles. The van der Waals surface area contributed by atoms with Crippen molar-refractivity contribution in [2.45, 2.75) is 12.8 Å². The van der Waals surface area contributed by atoms with Gasteiger partial charge in [-0.25, -0.2) is 0 Å². The summed E-state index contributed by atoms with van der Waals surface area (Å²) in [4.78, 5) is 0. The first-order valence-corrected chi connectivity index (χ1v) is 3.39. The fourth-order valence-corrected chi connectivity index (χ4v) is 1.07. The Morgan fingerprint density at radius 1 is 1.55 bits per heavy atom. The third-order valence-electron chi connectivity index (χ3n) is 1.58. The van der Waals surface area contributed by atoms with Gasteiger partial charge in [0.2, 0.25) is 0 Å². The van der Waals surface area contributed by atoms with E-state index in [1.807, 2.05) is 0 Å². The Morgan fingerprint density at radius 2 is 2.18 bits per heavy atom. The van der Waals surface area contributed by atoms with Crippen LogP contribution in [0.15, 0.2) is 35.4 Å². The number of aliphatic hydroxyl groups is 2. The topological polar surface area (TPSA) is 66.5 Å². The molecule has 11 heavy (non-hydrogen) atoms. The van der Waals surface area contributed by atoms with Crippen molar-refractivity contribution >= 4 is 0 Å². The highest BCUT2D eigenvalue weighted by Gasteiger charge is 2.15. The molecule has 3 heteroatoms. The highest BCUT2D eigenvalue weighted by atomic mass is 16.3. The van der Waals surface area contributed by atoms with Crippen molar-refractivity contribution in [3.05, 3.63) is 35.4 Å². The summed E-state index contributed by atoms with van der Waals surface area (Å²) in [5, 5.41) is 18.5. The third kappa shape index (κ3) is 1.37. The number of nitrogens with two attached hydrogens (primary N) is 1. The van der Waals surface area contributed by atoms with Crippen molar-refractivity contribution in [1.29, 1.82) is 0 Å². The van der Waals surface area contributed by atoms with Gasteiger partial charge in [0, 0.05) is 12.1 Å². The molecule has 0 unspecified atom stereocenters. The van der Waals surface area contributed by atoms with Crippen LogP contribution in [0.5, 0.6) is 0 Å². The van der Waals surface area contributed by atoms with Crippen molar-refractivity contribution in [2.75, 3.05) is 0 Å². The molecule has 0 spiro atoms. The molecule has 0 bridgehead atoms. The molecule has 1 aliphatic carbocycles. The second-order valence-electron chi connectivity index (χ2n) is 2.47. The molecule has 1 rings (SSSR count). The summed E-state index contributed by atoms with van der Waals surface area (Å²) in [6.45, 7) is 3.44. The number of hydrogen-bond acceptors (Lipinski definition) is 3. The number of rotatable bonds is 1. The molecule has 0 amide bonds. The summed E-state index contributed by atoms with van der Waals surface area (Å²) in [5.41, 5.74) is 5.83. The Morgan fingerprint density at radius 3 is 2.55 bits per heavy atom. The van der Waals surface area contributed by atoms with Crippen molar-refractivity contribution in [3.63, 3.8) is 0 Å². The second-order valence-corrected chi connectivity index (χ2v) is 2.47. The molecule has 1 aliphatic rings. The average Bonchev–Trinajstić information content (AvgIpc) is 1.85. The second kappa shape index (κ2) is 2.70. The zero-order valence-electron chi connectivity index (χ0n) is 6.17. The molecule has 0 aromatic carbocycles. The highest BCUT2D eigenvalue weighted by Crippen LogP contribution is 2.24. The Kier molecular flexibility index (Phi) is 1.89. The van der Waals surface area contributed by atoms with Crippen LogP contribution in [-0.4, -0.2) is 10.2 Å². The lowest BCUT2D eigenvalue weighted by Crippen LogP contribution is -2.08. The van der Waals surface area contributed by atoms with Crippen molar-refractivity contribution in [1.82, 2.24) is 0 Å². The lowest BCUT2D eigenvalue weighted by Gasteiger charge is -2.13. The van der Waals surface area contributed by atoms with Gasteiger partial charge in [-0.15, -0.1) is 0 Å². The van der Waals surface area contributed by atoms with E-state index in [4.69, 9.17) is 5.73 Å². The number of hydrogen-bond donors (Lipinski definition) is 3. The van der Waals surface area contributed by atoms with Crippen LogP contribution in [0.3, 0.4) is 0 Å². The van der Waals surface area contributed by atoms with Crippen molar-refractivity contribution < 1.29 is 10.2 Å². The van der Waals surface area contributed by atoms with E-state index in [9.17, 15) is 10.2 Å². The molecular formula is C8H11NO2. The van der Waals surface area contributed by atoms with Gasteiger partial charge in [0.05, 0.1) is 5.57 Å². The van der Waals surface area contributed by atoms with Crippen LogP contribution >= 0.6 is 0 Å². The van der Waals surface area contributed by atoms with Crippen LogP contribution in [0.4, 0.5) is 0 Å². The molecule has 0 radical (unpaired) electrons. The van der Waals surface area contributed by atoms with E-state index in [1.54, 1.807) is 6.08 Å². The van der Waals surface area contributed by atoms with Gasteiger partial charge in [0.15, 0.2) is 0 Å². The Balaban J connectivity index is 3.04. The van der Waals surface area contributed by atoms with Gasteiger partial charge in [-0.1, -0.05) is 6.58 Å². The summed E-state index contributed by atoms with van der Waals surface area (Å²) >= 11 is 0. The number of allylic oxidation sites excluding steroid dienone is 2. The van der Waals surface area contributed by atoms with Gasteiger partial charge in [-0.05, 0) is 12.5 Å². The normalized spacial score (nSPS) is 18.0. The smallest absolute Gasteiger partial charge is 0.124 e. The van der Waals surface area contributed by atoms with Crippen LogP contribution in [0.25, 0.3) is 0 Å². The largest absolute Gasteiger partial charge is 0.511 e. The van der Waals surface area contributed by atoms with Crippen molar-refractivity contribution in [3.8, 4) is 0 Å². The minimum atomic E-state index is 0.0289. The van der Waals surface area contributed by atoms with Crippen LogP contribution < -0.4 is 5.73 Å². The minimum absolute atomic E-state index is 0.0289. The molecule has 0 heterocycles. The lowest BCUT2D eigenvalue weighted by atomic mass is 10.0. The predicted molar refractivity (Wildman–Crippen MR) is 42.9 cm³/mol. The SMILES string of the molecule is C=C(N)C1=C(O)CCC=C1O. The number of aliphatic hydroxyl groups excluding tert-OH is 2. The minimum Gasteiger partial charge on any atom is -0.511 e. The molecule has 0 atom stereocenters. The van der Waals surface area contributed by atoms with Crippen LogP contribution in [0.1, 0.15) is 12.8 Å². The fraction of sp³-hybridized carbons (Fsp3) is 0.250. The van der Waals surface area contributed by atoms with Gasteiger partial charge < -0.3 is 15.9 Å². The van der Waals surface area contributed by atoms with E-state index in [-0.39, 0.29) is 22.8 Å². The summed E-state index contributed by atoms with van der Waals surface area (Å²) in [6.07, 6.45) is 2.79. The molecular weight excluding hydrogens is 142 g/mol. The van der Waals surface area contributed by atoms with E-state index in [1.165, 1.54) is 0 Å². The molecule has 0 aliphatic heterocycles. The first-order chi connectivity index (χ1) is 5.13. The van der Waals surface area contributed by atoms with E-state index in [2.05, 4.69) is 6.58 Å². The zero-order valence-corrected chi connectivity index (χ0v) is 6.17. The Labute approximate surface area is 65.1 Å². The monoisotopic (exact) mass is 153 g/mol. The van der Waals surface area contributed by atoms with Gasteiger partial charge in [-0.3, -0.25) is 0 Å². The summed E-state index contributed by atoms with van der Waals surface area (Å²) in [6, 6.07) is 0. The van der Waals surface area contributed by atoms with E-state index in [0.29, 0.717) is 12.8 Å². The summed E-state index contributed by atoms with van der Waals surface area (Å²) in [7, 11) is 0. The molecule has 0 saturated carbocycles. The quantitative estimate of drug-likeness (QED) is 0.535. The molecule has 0 aromatic heterocycles. The van der Waals surface area contributed by atoms with Gasteiger partial charge in [0.25, 0.3) is 0 Å². The first kappa shape index (κ1) is 7.72. The molecule has 4 N–H and O–H groups in total. The molecule has 3 nitrogen and oxygen atoms in total. The van der Waals surface area contributed by atoms with Crippen LogP contribution in [-0.2, 0) is 0 Å². The first-order valence-electron chi connectivity index (χ1n) is 3.39. The molecule has 0 aromatic rings. The summed E-state index contributed by atoms with van der Waals surface area (Å²) in [5.74, 6) is 0.152. The van der Waals surface area contributed by atoms with Gasteiger partial charge in [-0.2, -0.15) is 0 Å². The Bertz CT molecular complexity index is 251. The fourth-order valence-electron chi connectivity index (χ4n) is 1.07. The third-order valence-corrected chi connectivity index (χ3v) is 1.58. The lowest BCUT2D eigenvalue weighted by molar-refractivity contribution is 0.354. The molecule has 0 fully saturated rings. The maximum atomic E-state index is 9.25. The van der Waals surface area contributed by atoms with Crippen LogP contribution in [0.2, 0.25) is 0 Å². The Hall–Kier alpha value is -1.38. The maximum absolute atomic E-state index is 9.25. The van der Waals surface area contributed by atoms with E-state index >= 15 is 0 Å². The van der Waals surface area contributed by atoms with Crippen molar-refractivity contribution in [2.24, 2.45) is 5.73 Å². The van der Waals surface area contributed by atoms with Gasteiger partial charge in [0.1, 0.15) is 11.5 Å². The predicted octanol–water partition coefficient (Wildman–Crippen LogP) is 1.51. The van der Waals surface area contributed by atoms with E-state index < -0.39 is 0 Å². The maximum Gasteiger partial charge on any atom is 0.124 e. The summed E-state index contributed by atoms with van der Waals surface area (Å²) < 4.78 is 0. The highest BCUT2D eigenvalue weighted by molar-refractivity contribution is 5.43. The standard InChI is InChI=1S/C8H11NO2/c1-5(9)8-6(10)3-2-4-7(8)11/h3,10-11H,1-2,4,9H2. The van der Waals surface area contributed by atoms with E-state index in [0.717, 1.165) is 0 Å². The zero-order chi connectivity index (χ0) is 8.43. The molecule has 60 valence electrons. The average molecular weight is 153 g/mol.